The predicted molar refractivity (Wildman–Crippen MR) is 59.7 cm³/mol. The molecule has 0 bridgehead atoms. The molecule has 0 radical (unpaired) electrons. The third kappa shape index (κ3) is 4.76. The topological polar surface area (TPSA) is 90.2 Å². The summed E-state index contributed by atoms with van der Waals surface area (Å²) in [6.45, 7) is 5.24. The highest BCUT2D eigenvalue weighted by atomic mass is 16.5. The quantitative estimate of drug-likeness (QED) is 0.440. The first-order valence-electron chi connectivity index (χ1n) is 5.71. The van der Waals surface area contributed by atoms with E-state index in [1.165, 1.54) is 6.92 Å². The highest BCUT2D eigenvalue weighted by Crippen LogP contribution is 2.17. The minimum absolute atomic E-state index is 0.00954. The monoisotopic (exact) mass is 236 g/mol. The van der Waals surface area contributed by atoms with E-state index in [-0.39, 0.29) is 19.1 Å². The SMILES string of the molecule is CCC(COCC(O)(CC)C(C)O)C(O)O. The van der Waals surface area contributed by atoms with Crippen molar-refractivity contribution in [3.8, 4) is 0 Å². The molecule has 16 heavy (non-hydrogen) atoms. The average molecular weight is 236 g/mol. The van der Waals surface area contributed by atoms with Crippen LogP contribution in [0.2, 0.25) is 0 Å². The van der Waals surface area contributed by atoms with E-state index in [0.29, 0.717) is 12.8 Å². The molecule has 0 aromatic rings. The Balaban J connectivity index is 4.04. The van der Waals surface area contributed by atoms with E-state index in [9.17, 15) is 10.2 Å². The molecule has 4 N–H and O–H groups in total. The Kier molecular flexibility index (Phi) is 7.10. The van der Waals surface area contributed by atoms with Crippen molar-refractivity contribution in [3.63, 3.8) is 0 Å². The fraction of sp³-hybridized carbons (Fsp3) is 1.00. The number of rotatable bonds is 8. The van der Waals surface area contributed by atoms with Gasteiger partial charge in [0, 0.05) is 5.92 Å². The molecule has 0 aliphatic rings. The normalized spacial score (nSPS) is 19.5. The summed E-state index contributed by atoms with van der Waals surface area (Å²) in [4.78, 5) is 0. The molecule has 0 aromatic heterocycles. The maximum atomic E-state index is 9.92. The van der Waals surface area contributed by atoms with Crippen molar-refractivity contribution in [3.05, 3.63) is 0 Å². The Bertz CT molecular complexity index is 183. The van der Waals surface area contributed by atoms with Crippen molar-refractivity contribution >= 4 is 0 Å². The molecule has 0 saturated carbocycles. The maximum Gasteiger partial charge on any atom is 0.156 e. The van der Waals surface area contributed by atoms with Gasteiger partial charge in [0.15, 0.2) is 6.29 Å². The van der Waals surface area contributed by atoms with Crippen LogP contribution in [0, 0.1) is 5.92 Å². The molecule has 98 valence electrons. The molecule has 5 nitrogen and oxygen atoms in total. The van der Waals surface area contributed by atoms with E-state index in [4.69, 9.17) is 14.9 Å². The molecule has 0 heterocycles. The van der Waals surface area contributed by atoms with E-state index >= 15 is 0 Å². The van der Waals surface area contributed by atoms with Crippen molar-refractivity contribution < 1.29 is 25.2 Å². The molecule has 5 heteroatoms. The molecular weight excluding hydrogens is 212 g/mol. The van der Waals surface area contributed by atoms with Gasteiger partial charge in [-0.25, -0.2) is 0 Å². The fourth-order valence-electron chi connectivity index (χ4n) is 1.32. The van der Waals surface area contributed by atoms with Gasteiger partial charge >= 0.3 is 0 Å². The van der Waals surface area contributed by atoms with Gasteiger partial charge in [-0.05, 0) is 19.8 Å². The largest absolute Gasteiger partial charge is 0.390 e. The van der Waals surface area contributed by atoms with E-state index < -0.39 is 18.0 Å². The van der Waals surface area contributed by atoms with Crippen LogP contribution in [0.15, 0.2) is 0 Å². The Morgan fingerprint density at radius 3 is 2.06 bits per heavy atom. The van der Waals surface area contributed by atoms with Gasteiger partial charge < -0.3 is 25.2 Å². The Morgan fingerprint density at radius 2 is 1.75 bits per heavy atom. The smallest absolute Gasteiger partial charge is 0.156 e. The van der Waals surface area contributed by atoms with Gasteiger partial charge in [0.05, 0.1) is 19.3 Å². The first kappa shape index (κ1) is 15.8. The summed E-state index contributed by atoms with van der Waals surface area (Å²) in [5.41, 5.74) is -1.27. The van der Waals surface area contributed by atoms with Crippen LogP contribution in [0.3, 0.4) is 0 Å². The molecule has 0 aliphatic heterocycles. The van der Waals surface area contributed by atoms with Gasteiger partial charge in [-0.1, -0.05) is 13.8 Å². The molecule has 0 spiro atoms. The Labute approximate surface area is 96.7 Å². The average Bonchev–Trinajstić information content (AvgIpc) is 2.23. The first-order valence-corrected chi connectivity index (χ1v) is 5.71. The van der Waals surface area contributed by atoms with Crippen molar-refractivity contribution in [2.24, 2.45) is 5.92 Å². The molecule has 0 saturated heterocycles. The van der Waals surface area contributed by atoms with E-state index in [1.807, 2.05) is 6.92 Å². The highest BCUT2D eigenvalue weighted by Gasteiger charge is 2.31. The molecule has 0 fully saturated rings. The number of aliphatic hydroxyl groups excluding tert-OH is 2. The summed E-state index contributed by atoms with van der Waals surface area (Å²) >= 11 is 0. The minimum atomic E-state index is -1.41. The molecule has 0 aliphatic carbocycles. The van der Waals surface area contributed by atoms with Crippen LogP contribution in [0.5, 0.6) is 0 Å². The lowest BCUT2D eigenvalue weighted by Gasteiger charge is -2.30. The number of hydrogen-bond acceptors (Lipinski definition) is 5. The van der Waals surface area contributed by atoms with Gasteiger partial charge in [-0.15, -0.1) is 0 Å². The van der Waals surface area contributed by atoms with Crippen LogP contribution in [0.25, 0.3) is 0 Å². The molecule has 0 rings (SSSR count). The van der Waals surface area contributed by atoms with Gasteiger partial charge in [0.2, 0.25) is 0 Å². The molecular formula is C11H24O5. The second-order valence-electron chi connectivity index (χ2n) is 4.23. The van der Waals surface area contributed by atoms with Crippen molar-refractivity contribution in [1.29, 1.82) is 0 Å². The summed E-state index contributed by atoms with van der Waals surface area (Å²) in [5, 5.41) is 37.2. The Morgan fingerprint density at radius 1 is 1.19 bits per heavy atom. The van der Waals surface area contributed by atoms with E-state index in [0.717, 1.165) is 0 Å². The van der Waals surface area contributed by atoms with Crippen LogP contribution in [0.1, 0.15) is 33.6 Å². The lowest BCUT2D eigenvalue weighted by molar-refractivity contribution is -0.142. The summed E-state index contributed by atoms with van der Waals surface area (Å²) in [6.07, 6.45) is -1.33. The van der Waals surface area contributed by atoms with Crippen LogP contribution in [0.4, 0.5) is 0 Å². The lowest BCUT2D eigenvalue weighted by Crippen LogP contribution is -2.45. The van der Waals surface area contributed by atoms with Gasteiger partial charge in [0.1, 0.15) is 5.60 Å². The number of hydrogen-bond donors (Lipinski definition) is 4. The first-order chi connectivity index (χ1) is 7.37. The molecule has 0 amide bonds. The lowest BCUT2D eigenvalue weighted by atomic mass is 9.96. The highest BCUT2D eigenvalue weighted by molar-refractivity contribution is 4.82. The summed E-state index contributed by atoms with van der Waals surface area (Å²) in [7, 11) is 0. The van der Waals surface area contributed by atoms with E-state index in [2.05, 4.69) is 0 Å². The zero-order valence-corrected chi connectivity index (χ0v) is 10.3. The second-order valence-corrected chi connectivity index (χ2v) is 4.23. The van der Waals surface area contributed by atoms with Crippen molar-refractivity contribution in [2.45, 2.75) is 51.6 Å². The summed E-state index contributed by atoms with van der Waals surface area (Å²) in [6, 6.07) is 0. The third-order valence-corrected chi connectivity index (χ3v) is 3.02. The van der Waals surface area contributed by atoms with Gasteiger partial charge in [0.25, 0.3) is 0 Å². The van der Waals surface area contributed by atoms with Gasteiger partial charge in [-0.3, -0.25) is 0 Å². The standard InChI is InChI=1S/C11H24O5/c1-4-9(10(13)14)6-16-7-11(15,5-2)8(3)12/h8-10,12-15H,4-7H2,1-3H3. The Hall–Kier alpha value is -0.200. The fourth-order valence-corrected chi connectivity index (χ4v) is 1.32. The van der Waals surface area contributed by atoms with Crippen LogP contribution in [-0.4, -0.2) is 51.6 Å². The minimum Gasteiger partial charge on any atom is -0.390 e. The molecule has 0 aromatic carbocycles. The molecule has 3 atom stereocenters. The van der Waals surface area contributed by atoms with Crippen LogP contribution >= 0.6 is 0 Å². The van der Waals surface area contributed by atoms with Crippen LogP contribution < -0.4 is 0 Å². The summed E-state index contributed by atoms with van der Waals surface area (Å²) < 4.78 is 5.24. The second kappa shape index (κ2) is 7.19. The number of aliphatic hydroxyl groups is 4. The van der Waals surface area contributed by atoms with Gasteiger partial charge in [-0.2, -0.15) is 0 Å². The van der Waals surface area contributed by atoms with Crippen molar-refractivity contribution in [1.82, 2.24) is 0 Å². The zero-order valence-electron chi connectivity index (χ0n) is 10.3. The van der Waals surface area contributed by atoms with E-state index in [1.54, 1.807) is 6.92 Å². The number of ether oxygens (including phenoxy) is 1. The third-order valence-electron chi connectivity index (χ3n) is 3.02. The van der Waals surface area contributed by atoms with Crippen molar-refractivity contribution in [2.75, 3.05) is 13.2 Å². The zero-order chi connectivity index (χ0) is 12.8. The maximum absolute atomic E-state index is 9.92. The summed E-state index contributed by atoms with van der Waals surface area (Å²) in [5.74, 6) is -0.366. The van der Waals surface area contributed by atoms with Crippen LogP contribution in [-0.2, 0) is 4.74 Å². The predicted octanol–water partition coefficient (Wildman–Crippen LogP) is -0.138. The molecule has 3 unspecified atom stereocenters.